The van der Waals surface area contributed by atoms with Gasteiger partial charge in [0.05, 0.1) is 5.71 Å². The quantitative estimate of drug-likeness (QED) is 0.393. The minimum atomic E-state index is -5.61. The molecule has 130 valence electrons. The van der Waals surface area contributed by atoms with Gasteiger partial charge in [-0.25, -0.2) is 22.2 Å². The van der Waals surface area contributed by atoms with Crippen molar-refractivity contribution in [3.05, 3.63) is 40.2 Å². The Morgan fingerprint density at radius 1 is 1.00 bits per heavy atom. The number of nitrogens with one attached hydrogen (secondary N) is 1. The molecule has 0 bridgehead atoms. The van der Waals surface area contributed by atoms with Crippen LogP contribution in [-0.4, -0.2) is 16.0 Å². The van der Waals surface area contributed by atoms with Crippen molar-refractivity contribution >= 4 is 11.4 Å². The maximum Gasteiger partial charge on any atom is 0.422 e. The predicted octanol–water partition coefficient (Wildman–Crippen LogP) is 3.79. The van der Waals surface area contributed by atoms with Crippen LogP contribution in [0.2, 0.25) is 0 Å². The topological polar surface area (TPSA) is 63.3 Å². The molecule has 2 aromatic rings. The van der Waals surface area contributed by atoms with Gasteiger partial charge in [-0.05, 0) is 19.0 Å². The minimum Gasteiger partial charge on any atom is -0.272 e. The van der Waals surface area contributed by atoms with Crippen LogP contribution in [0.25, 0.3) is 0 Å². The summed E-state index contributed by atoms with van der Waals surface area (Å²) in [7, 11) is 0. The first-order valence-corrected chi connectivity index (χ1v) is 6.08. The molecule has 1 heterocycles. The first-order chi connectivity index (χ1) is 11.1. The lowest BCUT2D eigenvalue weighted by Crippen LogP contribution is -2.17. The minimum absolute atomic E-state index is 0.0479. The summed E-state index contributed by atoms with van der Waals surface area (Å²) in [5.41, 5.74) is -2.28. The van der Waals surface area contributed by atoms with Gasteiger partial charge in [0.25, 0.3) is 0 Å². The van der Waals surface area contributed by atoms with Gasteiger partial charge in [0, 0.05) is 0 Å². The van der Waals surface area contributed by atoms with E-state index in [0.29, 0.717) is 0 Å². The van der Waals surface area contributed by atoms with Gasteiger partial charge in [-0.15, -0.1) is 0 Å². The normalized spacial score (nSPS) is 12.6. The lowest BCUT2D eigenvalue weighted by Gasteiger charge is -2.13. The fourth-order valence-corrected chi connectivity index (χ4v) is 1.73. The van der Waals surface area contributed by atoms with Gasteiger partial charge in [-0.3, -0.25) is 5.43 Å². The Kier molecular flexibility index (Phi) is 4.49. The zero-order chi connectivity index (χ0) is 18.2. The number of hydrogen-bond donors (Lipinski definition) is 1. The van der Waals surface area contributed by atoms with Crippen molar-refractivity contribution in [3.8, 4) is 0 Å². The second-order valence-corrected chi connectivity index (χ2v) is 4.51. The molecule has 0 fully saturated rings. The number of aryl methyl sites for hydroxylation is 1. The van der Waals surface area contributed by atoms with Crippen LogP contribution in [-0.2, 0) is 6.18 Å². The number of hydrogen-bond acceptors (Lipinski definition) is 5. The molecule has 2 rings (SSSR count). The molecule has 12 heteroatoms. The van der Waals surface area contributed by atoms with E-state index in [0.717, 1.165) is 0 Å². The predicted molar refractivity (Wildman–Crippen MR) is 66.1 cm³/mol. The lowest BCUT2D eigenvalue weighted by molar-refractivity contribution is -0.143. The number of aromatic nitrogens is 2. The van der Waals surface area contributed by atoms with Gasteiger partial charge < -0.3 is 0 Å². The molecule has 24 heavy (non-hydrogen) atoms. The van der Waals surface area contributed by atoms with E-state index in [9.17, 15) is 30.7 Å². The number of benzene rings is 1. The van der Waals surface area contributed by atoms with Gasteiger partial charge in [0.15, 0.2) is 29.0 Å². The van der Waals surface area contributed by atoms with Crippen molar-refractivity contribution in [2.45, 2.75) is 20.0 Å². The molecule has 0 amide bonds. The van der Waals surface area contributed by atoms with Crippen LogP contribution in [0.1, 0.15) is 23.9 Å². The average molecular weight is 356 g/mol. The van der Waals surface area contributed by atoms with Crippen LogP contribution >= 0.6 is 0 Å². The molecule has 1 aromatic carbocycles. The molecule has 1 N–H and O–H groups in total. The smallest absolute Gasteiger partial charge is 0.272 e. The van der Waals surface area contributed by atoms with E-state index in [2.05, 4.69) is 20.0 Å². The first-order valence-electron chi connectivity index (χ1n) is 6.08. The SMILES string of the molecule is C/C(=N\Nc1c(F)c(F)c(C(F)(F)F)c(F)c1F)c1nonc1C. The van der Waals surface area contributed by atoms with Gasteiger partial charge in [-0.1, -0.05) is 5.16 Å². The maximum absolute atomic E-state index is 13.6. The third-order valence-corrected chi connectivity index (χ3v) is 2.88. The van der Waals surface area contributed by atoms with Crippen LogP contribution in [0.4, 0.5) is 36.4 Å². The molecular formula is C12H7F7N4O. The number of alkyl halides is 3. The van der Waals surface area contributed by atoms with Crippen molar-refractivity contribution < 1.29 is 35.4 Å². The largest absolute Gasteiger partial charge is 0.422 e. The molecule has 0 atom stereocenters. The molecule has 0 aliphatic heterocycles. The number of nitrogens with zero attached hydrogens (tertiary/aromatic N) is 3. The van der Waals surface area contributed by atoms with Crippen molar-refractivity contribution in [3.63, 3.8) is 0 Å². The molecule has 0 aliphatic rings. The Bertz CT molecular complexity index is 783. The highest BCUT2D eigenvalue weighted by atomic mass is 19.4. The molecule has 0 aliphatic carbocycles. The number of halogens is 7. The van der Waals surface area contributed by atoms with Crippen molar-refractivity contribution in [2.24, 2.45) is 5.10 Å². The molecule has 1 aromatic heterocycles. The standard InChI is InChI=1S/C12H7F7N4O/c1-3(10-4(2)22-24-23-10)20-21-11-8(15)6(13)5(12(17,18)19)7(14)9(11)16/h21H,1-2H3/b20-3+. The first kappa shape index (κ1) is 17.7. The fourth-order valence-electron chi connectivity index (χ4n) is 1.73. The number of rotatable bonds is 3. The number of hydrazone groups is 1. The molecule has 0 spiro atoms. The van der Waals surface area contributed by atoms with Crippen LogP contribution < -0.4 is 5.43 Å². The van der Waals surface area contributed by atoms with Crippen LogP contribution in [0.15, 0.2) is 9.73 Å². The van der Waals surface area contributed by atoms with E-state index in [1.54, 1.807) is 5.43 Å². The summed E-state index contributed by atoms with van der Waals surface area (Å²) < 4.78 is 95.9. The Morgan fingerprint density at radius 3 is 1.96 bits per heavy atom. The van der Waals surface area contributed by atoms with E-state index < -0.39 is 40.7 Å². The van der Waals surface area contributed by atoms with Crippen molar-refractivity contribution in [2.75, 3.05) is 5.43 Å². The summed E-state index contributed by atoms with van der Waals surface area (Å²) >= 11 is 0. The Balaban J connectivity index is 2.48. The molecular weight excluding hydrogens is 349 g/mol. The molecule has 0 saturated heterocycles. The zero-order valence-electron chi connectivity index (χ0n) is 11.9. The van der Waals surface area contributed by atoms with Crippen LogP contribution in [0.5, 0.6) is 0 Å². The number of anilines is 1. The van der Waals surface area contributed by atoms with E-state index in [4.69, 9.17) is 0 Å². The Morgan fingerprint density at radius 2 is 1.54 bits per heavy atom. The second-order valence-electron chi connectivity index (χ2n) is 4.51. The van der Waals surface area contributed by atoms with Gasteiger partial charge in [0.1, 0.15) is 16.9 Å². The van der Waals surface area contributed by atoms with E-state index in [1.807, 2.05) is 0 Å². The highest BCUT2D eigenvalue weighted by Crippen LogP contribution is 2.38. The van der Waals surface area contributed by atoms with Crippen LogP contribution in [0, 0.1) is 30.2 Å². The lowest BCUT2D eigenvalue weighted by atomic mass is 10.1. The summed E-state index contributed by atoms with van der Waals surface area (Å²) in [5.74, 6) is -9.72. The highest BCUT2D eigenvalue weighted by Gasteiger charge is 2.42. The van der Waals surface area contributed by atoms with E-state index in [-0.39, 0.29) is 17.1 Å². The van der Waals surface area contributed by atoms with Gasteiger partial charge in [-0.2, -0.15) is 18.3 Å². The Labute approximate surface area is 129 Å². The van der Waals surface area contributed by atoms with Gasteiger partial charge in [0.2, 0.25) is 0 Å². The summed E-state index contributed by atoms with van der Waals surface area (Å²) in [4.78, 5) is 0. The molecule has 0 unspecified atom stereocenters. The van der Waals surface area contributed by atoms with Gasteiger partial charge >= 0.3 is 6.18 Å². The third kappa shape index (κ3) is 3.03. The monoisotopic (exact) mass is 356 g/mol. The molecule has 0 radical (unpaired) electrons. The highest BCUT2D eigenvalue weighted by molar-refractivity contribution is 5.98. The van der Waals surface area contributed by atoms with E-state index >= 15 is 0 Å². The summed E-state index contributed by atoms with van der Waals surface area (Å²) in [6.45, 7) is 2.75. The Hall–Kier alpha value is -2.66. The fraction of sp³-hybridized carbons (Fsp3) is 0.250. The van der Waals surface area contributed by atoms with Crippen molar-refractivity contribution in [1.29, 1.82) is 0 Å². The second kappa shape index (κ2) is 6.09. The summed E-state index contributed by atoms with van der Waals surface area (Å²) in [6.07, 6.45) is -5.61. The molecule has 0 saturated carbocycles. The van der Waals surface area contributed by atoms with E-state index in [1.165, 1.54) is 13.8 Å². The van der Waals surface area contributed by atoms with Crippen LogP contribution in [0.3, 0.4) is 0 Å². The third-order valence-electron chi connectivity index (χ3n) is 2.88. The molecule has 5 nitrogen and oxygen atoms in total. The average Bonchev–Trinajstić information content (AvgIpc) is 2.90. The maximum atomic E-state index is 13.6. The zero-order valence-corrected chi connectivity index (χ0v) is 11.9. The van der Waals surface area contributed by atoms with Crippen molar-refractivity contribution in [1.82, 2.24) is 10.3 Å². The summed E-state index contributed by atoms with van der Waals surface area (Å²) in [6, 6.07) is 0. The summed E-state index contributed by atoms with van der Waals surface area (Å²) in [5, 5.41) is 10.2.